The maximum Gasteiger partial charge on any atom is 0.252 e. The van der Waals surface area contributed by atoms with Gasteiger partial charge in [-0.1, -0.05) is 0 Å². The zero-order valence-electron chi connectivity index (χ0n) is 11.7. The Hall–Kier alpha value is -2.35. The topological polar surface area (TPSA) is 85.1 Å². The molecule has 21 heavy (non-hydrogen) atoms. The first-order chi connectivity index (χ1) is 10.1. The highest BCUT2D eigenvalue weighted by molar-refractivity contribution is 7.13. The molecule has 3 rings (SSSR count). The van der Waals surface area contributed by atoms with Crippen LogP contribution in [0.3, 0.4) is 0 Å². The van der Waals surface area contributed by atoms with Crippen LogP contribution in [0.4, 0.5) is 5.13 Å². The average Bonchev–Trinajstić information content (AvgIpc) is 3.09. The fourth-order valence-corrected chi connectivity index (χ4v) is 2.77. The van der Waals surface area contributed by atoms with E-state index < -0.39 is 0 Å². The molecule has 0 aliphatic heterocycles. The molecule has 3 heterocycles. The highest BCUT2D eigenvalue weighted by Gasteiger charge is 2.12. The van der Waals surface area contributed by atoms with E-state index in [2.05, 4.69) is 25.4 Å². The van der Waals surface area contributed by atoms with Crippen LogP contribution < -0.4 is 5.32 Å². The molecule has 0 aliphatic rings. The lowest BCUT2D eigenvalue weighted by atomic mass is 10.1. The van der Waals surface area contributed by atoms with Crippen LogP contribution in [0, 0.1) is 13.8 Å². The van der Waals surface area contributed by atoms with Crippen LogP contribution in [0.1, 0.15) is 23.4 Å². The van der Waals surface area contributed by atoms with E-state index >= 15 is 0 Å². The molecule has 7 nitrogen and oxygen atoms in total. The second-order valence-electron chi connectivity index (χ2n) is 4.62. The van der Waals surface area contributed by atoms with Gasteiger partial charge in [-0.05, 0) is 25.8 Å². The van der Waals surface area contributed by atoms with Crippen LogP contribution >= 0.6 is 11.3 Å². The largest absolute Gasteiger partial charge is 0.302 e. The van der Waals surface area contributed by atoms with Crippen LogP contribution in [0.15, 0.2) is 17.9 Å². The molecule has 108 valence electrons. The molecule has 3 aromatic rings. The molecule has 0 fully saturated rings. The molecule has 1 N–H and O–H groups in total. The van der Waals surface area contributed by atoms with Crippen LogP contribution in [0.5, 0.6) is 0 Å². The van der Waals surface area contributed by atoms with E-state index in [-0.39, 0.29) is 5.91 Å². The van der Waals surface area contributed by atoms with Crippen molar-refractivity contribution >= 4 is 28.2 Å². The Kier molecular flexibility index (Phi) is 3.61. The summed E-state index contributed by atoms with van der Waals surface area (Å²) in [6.45, 7) is 3.89. The lowest BCUT2D eigenvalue weighted by molar-refractivity contribution is -0.116. The molecule has 0 atom stereocenters. The molecule has 0 bridgehead atoms. The van der Waals surface area contributed by atoms with Gasteiger partial charge in [-0.3, -0.25) is 4.79 Å². The molecule has 0 unspecified atom stereocenters. The van der Waals surface area contributed by atoms with Gasteiger partial charge in [0.25, 0.3) is 5.78 Å². The first kappa shape index (κ1) is 13.6. The Morgan fingerprint density at radius 2 is 2.24 bits per heavy atom. The summed E-state index contributed by atoms with van der Waals surface area (Å²) in [6, 6.07) is 0. The number of fused-ring (bicyclic) bond motifs is 1. The minimum Gasteiger partial charge on any atom is -0.302 e. The summed E-state index contributed by atoms with van der Waals surface area (Å²) in [5, 5.41) is 9.37. The number of carbonyl (C=O) groups is 1. The lowest BCUT2D eigenvalue weighted by Crippen LogP contribution is -2.14. The van der Waals surface area contributed by atoms with Crippen molar-refractivity contribution in [1.29, 1.82) is 0 Å². The highest BCUT2D eigenvalue weighted by Crippen LogP contribution is 2.16. The first-order valence-corrected chi connectivity index (χ1v) is 7.38. The third-order valence-electron chi connectivity index (χ3n) is 3.27. The zero-order valence-corrected chi connectivity index (χ0v) is 12.5. The summed E-state index contributed by atoms with van der Waals surface area (Å²) in [5.41, 5.74) is 2.88. The third kappa shape index (κ3) is 2.75. The van der Waals surface area contributed by atoms with Gasteiger partial charge in [0, 0.05) is 29.4 Å². The standard InChI is InChI=1S/C13H14N6OS/c1-8-10(9(2)19-12(17-8)15-7-16-19)3-4-11(20)18-13-14-5-6-21-13/h5-7H,3-4H2,1-2H3,(H,14,18,20). The first-order valence-electron chi connectivity index (χ1n) is 6.50. The molecule has 0 radical (unpaired) electrons. The Balaban J connectivity index is 1.74. The van der Waals surface area contributed by atoms with Gasteiger partial charge in [-0.2, -0.15) is 10.1 Å². The van der Waals surface area contributed by atoms with Crippen molar-refractivity contribution in [3.8, 4) is 0 Å². The number of aryl methyl sites for hydroxylation is 2. The highest BCUT2D eigenvalue weighted by atomic mass is 32.1. The molecule has 0 saturated heterocycles. The van der Waals surface area contributed by atoms with E-state index in [1.807, 2.05) is 19.2 Å². The van der Waals surface area contributed by atoms with Gasteiger partial charge in [-0.15, -0.1) is 11.3 Å². The number of amides is 1. The summed E-state index contributed by atoms with van der Waals surface area (Å²) in [4.78, 5) is 24.4. The van der Waals surface area contributed by atoms with Crippen molar-refractivity contribution in [3.63, 3.8) is 0 Å². The zero-order chi connectivity index (χ0) is 14.8. The number of aromatic nitrogens is 5. The maximum absolute atomic E-state index is 11.9. The van der Waals surface area contributed by atoms with Gasteiger partial charge in [0.1, 0.15) is 6.33 Å². The average molecular weight is 302 g/mol. The van der Waals surface area contributed by atoms with Crippen molar-refractivity contribution in [2.24, 2.45) is 0 Å². The summed E-state index contributed by atoms with van der Waals surface area (Å²) >= 11 is 1.40. The van der Waals surface area contributed by atoms with Crippen LogP contribution in [0.2, 0.25) is 0 Å². The van der Waals surface area contributed by atoms with Crippen molar-refractivity contribution in [3.05, 3.63) is 34.9 Å². The number of carbonyl (C=O) groups excluding carboxylic acids is 1. The predicted octanol–water partition coefficient (Wildman–Crippen LogP) is 1.77. The van der Waals surface area contributed by atoms with E-state index in [4.69, 9.17) is 0 Å². The molecular weight excluding hydrogens is 288 g/mol. The fraction of sp³-hybridized carbons (Fsp3) is 0.308. The van der Waals surface area contributed by atoms with Crippen LogP contribution in [-0.2, 0) is 11.2 Å². The second-order valence-corrected chi connectivity index (χ2v) is 5.51. The SMILES string of the molecule is Cc1nc2ncnn2c(C)c1CCC(=O)Nc1nccs1. The molecule has 0 saturated carbocycles. The van der Waals surface area contributed by atoms with Gasteiger partial charge < -0.3 is 5.32 Å². The number of nitrogens with zero attached hydrogens (tertiary/aromatic N) is 5. The molecule has 8 heteroatoms. The molecule has 0 aliphatic carbocycles. The number of thiazole rings is 1. The normalized spacial score (nSPS) is 11.0. The quantitative estimate of drug-likeness (QED) is 0.794. The fourth-order valence-electron chi connectivity index (χ4n) is 2.22. The van der Waals surface area contributed by atoms with E-state index in [0.717, 1.165) is 17.0 Å². The summed E-state index contributed by atoms with van der Waals surface area (Å²) in [5.74, 6) is 0.531. The summed E-state index contributed by atoms with van der Waals surface area (Å²) in [6.07, 6.45) is 4.13. The van der Waals surface area contributed by atoms with Crippen molar-refractivity contribution in [2.45, 2.75) is 26.7 Å². The van der Waals surface area contributed by atoms with Gasteiger partial charge in [0.05, 0.1) is 0 Å². The van der Waals surface area contributed by atoms with Crippen molar-refractivity contribution in [2.75, 3.05) is 5.32 Å². The molecule has 0 spiro atoms. The van der Waals surface area contributed by atoms with E-state index in [1.54, 1.807) is 10.7 Å². The van der Waals surface area contributed by atoms with E-state index in [9.17, 15) is 4.79 Å². The van der Waals surface area contributed by atoms with E-state index in [1.165, 1.54) is 17.7 Å². The monoisotopic (exact) mass is 302 g/mol. The molecule has 1 amide bonds. The van der Waals surface area contributed by atoms with Crippen molar-refractivity contribution < 1.29 is 4.79 Å². The Morgan fingerprint density at radius 1 is 1.38 bits per heavy atom. The van der Waals surface area contributed by atoms with Gasteiger partial charge >= 0.3 is 0 Å². The van der Waals surface area contributed by atoms with Gasteiger partial charge in [-0.25, -0.2) is 14.5 Å². The number of hydrogen-bond donors (Lipinski definition) is 1. The minimum absolute atomic E-state index is 0.0533. The number of hydrogen-bond acceptors (Lipinski definition) is 6. The van der Waals surface area contributed by atoms with Crippen LogP contribution in [-0.4, -0.2) is 30.5 Å². The lowest BCUT2D eigenvalue weighted by Gasteiger charge is -2.10. The van der Waals surface area contributed by atoms with E-state index in [0.29, 0.717) is 23.8 Å². The summed E-state index contributed by atoms with van der Waals surface area (Å²) in [7, 11) is 0. The molecular formula is C13H14N6OS. The Bertz CT molecular complexity index is 779. The van der Waals surface area contributed by atoms with Crippen molar-refractivity contribution in [1.82, 2.24) is 24.6 Å². The van der Waals surface area contributed by atoms with Gasteiger partial charge in [0.2, 0.25) is 5.91 Å². The third-order valence-corrected chi connectivity index (χ3v) is 3.96. The minimum atomic E-state index is -0.0533. The maximum atomic E-state index is 11.9. The smallest absolute Gasteiger partial charge is 0.252 e. The summed E-state index contributed by atoms with van der Waals surface area (Å²) < 4.78 is 1.70. The molecule has 3 aromatic heterocycles. The van der Waals surface area contributed by atoms with Crippen LogP contribution in [0.25, 0.3) is 5.78 Å². The van der Waals surface area contributed by atoms with Gasteiger partial charge in [0.15, 0.2) is 5.13 Å². The Morgan fingerprint density at radius 3 is 3.00 bits per heavy atom. The predicted molar refractivity (Wildman–Crippen MR) is 79.3 cm³/mol. The second kappa shape index (κ2) is 5.57. The Labute approximate surface area is 125 Å². The number of anilines is 1. The molecule has 0 aromatic carbocycles. The number of rotatable bonds is 4. The number of nitrogens with one attached hydrogen (secondary N) is 1.